The van der Waals surface area contributed by atoms with Crippen LogP contribution in [0.15, 0.2) is 4.52 Å². The molecule has 0 fully saturated rings. The summed E-state index contributed by atoms with van der Waals surface area (Å²) >= 11 is 0. The topological polar surface area (TPSA) is 100 Å². The van der Waals surface area contributed by atoms with Gasteiger partial charge in [0.2, 0.25) is 5.89 Å². The summed E-state index contributed by atoms with van der Waals surface area (Å²) in [5.41, 5.74) is -0.204. The van der Waals surface area contributed by atoms with Crippen molar-refractivity contribution in [2.24, 2.45) is 0 Å². The van der Waals surface area contributed by atoms with E-state index >= 15 is 0 Å². The smallest absolute Gasteiger partial charge is 0.315 e. The molecule has 0 spiro atoms. The molecule has 0 aliphatic heterocycles. The molecule has 7 nitrogen and oxygen atoms in total. The van der Waals surface area contributed by atoms with Crippen LogP contribution in [-0.2, 0) is 12.0 Å². The fraction of sp³-hybridized carbons (Fsp3) is 0.700. The van der Waals surface area contributed by atoms with Crippen molar-refractivity contribution >= 4 is 6.03 Å². The molecule has 0 radical (unpaired) electrons. The first kappa shape index (κ1) is 13.4. The van der Waals surface area contributed by atoms with Gasteiger partial charge in [0.15, 0.2) is 5.82 Å². The molecule has 0 saturated carbocycles. The predicted octanol–water partition coefficient (Wildman–Crippen LogP) is 0.159. The lowest BCUT2D eigenvalue weighted by atomic mass is 9.97. The summed E-state index contributed by atoms with van der Waals surface area (Å²) in [6, 6.07) is -0.374. The van der Waals surface area contributed by atoms with Gasteiger partial charge in [0.05, 0.1) is 13.2 Å². The Bertz CT molecular complexity index is 370. The highest BCUT2D eigenvalue weighted by Gasteiger charge is 2.21. The van der Waals surface area contributed by atoms with Gasteiger partial charge < -0.3 is 20.3 Å². The zero-order valence-electron chi connectivity index (χ0n) is 10.3. The first-order valence-electron chi connectivity index (χ1n) is 5.39. The number of urea groups is 1. The number of aliphatic hydroxyl groups excluding tert-OH is 1. The number of hydrogen-bond acceptors (Lipinski definition) is 5. The molecular formula is C10H18N4O3. The molecular weight excluding hydrogens is 224 g/mol. The summed E-state index contributed by atoms with van der Waals surface area (Å²) in [5.74, 6) is 0.958. The second kappa shape index (κ2) is 5.62. The lowest BCUT2D eigenvalue weighted by Gasteiger charge is -2.10. The van der Waals surface area contributed by atoms with Crippen molar-refractivity contribution in [1.29, 1.82) is 0 Å². The van der Waals surface area contributed by atoms with Crippen molar-refractivity contribution in [3.63, 3.8) is 0 Å². The van der Waals surface area contributed by atoms with E-state index in [2.05, 4.69) is 20.8 Å². The van der Waals surface area contributed by atoms with Crippen molar-refractivity contribution in [2.45, 2.75) is 32.7 Å². The number of carbonyl (C=O) groups excluding carboxylic acids is 1. The number of amides is 2. The molecule has 2 amide bonds. The van der Waals surface area contributed by atoms with Gasteiger partial charge >= 0.3 is 6.03 Å². The van der Waals surface area contributed by atoms with Gasteiger partial charge in [0, 0.05) is 12.0 Å². The minimum absolute atomic E-state index is 0.0934. The maximum Gasteiger partial charge on any atom is 0.315 e. The Hall–Kier alpha value is -1.63. The number of rotatable bonds is 4. The molecule has 0 unspecified atom stereocenters. The Balaban J connectivity index is 2.42. The van der Waals surface area contributed by atoms with E-state index in [1.807, 2.05) is 20.8 Å². The van der Waals surface area contributed by atoms with Crippen molar-refractivity contribution in [2.75, 3.05) is 13.2 Å². The highest BCUT2D eigenvalue weighted by molar-refractivity contribution is 5.73. The summed E-state index contributed by atoms with van der Waals surface area (Å²) in [4.78, 5) is 15.3. The zero-order chi connectivity index (χ0) is 12.9. The van der Waals surface area contributed by atoms with Gasteiger partial charge in [-0.15, -0.1) is 0 Å². The standard InChI is InChI=1S/C10H18N4O3/c1-10(2,3)8-13-7(14-17-8)6-12-9(16)11-4-5-15/h15H,4-6H2,1-3H3,(H2,11,12,16). The van der Waals surface area contributed by atoms with Crippen molar-refractivity contribution in [1.82, 2.24) is 20.8 Å². The molecule has 96 valence electrons. The van der Waals surface area contributed by atoms with E-state index < -0.39 is 0 Å². The van der Waals surface area contributed by atoms with Crippen LogP contribution in [0.1, 0.15) is 32.5 Å². The van der Waals surface area contributed by atoms with Crippen LogP contribution >= 0.6 is 0 Å². The molecule has 17 heavy (non-hydrogen) atoms. The fourth-order valence-corrected chi connectivity index (χ4v) is 1.02. The average Bonchev–Trinajstić information content (AvgIpc) is 2.71. The number of aromatic nitrogens is 2. The minimum atomic E-state index is -0.374. The third-order valence-corrected chi connectivity index (χ3v) is 1.91. The Kier molecular flexibility index (Phi) is 4.45. The third kappa shape index (κ3) is 4.39. The van der Waals surface area contributed by atoms with Gasteiger partial charge in [-0.1, -0.05) is 25.9 Å². The van der Waals surface area contributed by atoms with Gasteiger partial charge in [0.25, 0.3) is 0 Å². The molecule has 0 bridgehead atoms. The van der Waals surface area contributed by atoms with E-state index in [1.54, 1.807) is 0 Å². The summed E-state index contributed by atoms with van der Waals surface area (Å²) < 4.78 is 5.07. The highest BCUT2D eigenvalue weighted by Crippen LogP contribution is 2.19. The normalized spacial score (nSPS) is 11.3. The van der Waals surface area contributed by atoms with Crippen LogP contribution in [0.25, 0.3) is 0 Å². The molecule has 0 aliphatic carbocycles. The summed E-state index contributed by atoms with van der Waals surface area (Å²) in [6.07, 6.45) is 0. The fourth-order valence-electron chi connectivity index (χ4n) is 1.02. The van der Waals surface area contributed by atoms with E-state index in [0.717, 1.165) is 0 Å². The molecule has 3 N–H and O–H groups in total. The van der Waals surface area contributed by atoms with Gasteiger partial charge in [-0.3, -0.25) is 0 Å². The van der Waals surface area contributed by atoms with Gasteiger partial charge in [-0.05, 0) is 0 Å². The summed E-state index contributed by atoms with van der Waals surface area (Å²) in [7, 11) is 0. The molecule has 1 aromatic heterocycles. The van der Waals surface area contributed by atoms with Crippen molar-refractivity contribution in [3.8, 4) is 0 Å². The molecule has 0 aliphatic rings. The van der Waals surface area contributed by atoms with Crippen molar-refractivity contribution < 1.29 is 14.4 Å². The SMILES string of the molecule is CC(C)(C)c1nc(CNC(=O)NCCO)no1. The third-order valence-electron chi connectivity index (χ3n) is 1.91. The van der Waals surface area contributed by atoms with Crippen molar-refractivity contribution in [3.05, 3.63) is 11.7 Å². The maximum absolute atomic E-state index is 11.2. The number of hydrogen-bond donors (Lipinski definition) is 3. The lowest BCUT2D eigenvalue weighted by molar-refractivity contribution is 0.233. The number of nitrogens with one attached hydrogen (secondary N) is 2. The van der Waals surface area contributed by atoms with E-state index in [4.69, 9.17) is 9.63 Å². The van der Waals surface area contributed by atoms with Crippen LogP contribution < -0.4 is 10.6 Å². The first-order valence-corrected chi connectivity index (χ1v) is 5.39. The molecule has 7 heteroatoms. The summed E-state index contributed by atoms with van der Waals surface area (Å²) in [5, 5.41) is 17.3. The van der Waals surface area contributed by atoms with E-state index in [0.29, 0.717) is 11.7 Å². The first-order chi connectivity index (χ1) is 7.93. The summed E-state index contributed by atoms with van der Waals surface area (Å²) in [6.45, 7) is 6.20. The number of nitrogens with zero attached hydrogens (tertiary/aromatic N) is 2. The predicted molar refractivity (Wildman–Crippen MR) is 60.3 cm³/mol. The van der Waals surface area contributed by atoms with Gasteiger partial charge in [-0.2, -0.15) is 4.98 Å². The molecule has 1 aromatic rings. The monoisotopic (exact) mass is 242 g/mol. The van der Waals surface area contributed by atoms with Gasteiger partial charge in [-0.25, -0.2) is 4.79 Å². The lowest BCUT2D eigenvalue weighted by Crippen LogP contribution is -2.36. The van der Waals surface area contributed by atoms with Crippen LogP contribution in [0.2, 0.25) is 0 Å². The van der Waals surface area contributed by atoms with Crippen LogP contribution in [-0.4, -0.2) is 34.4 Å². The largest absolute Gasteiger partial charge is 0.395 e. The van der Waals surface area contributed by atoms with E-state index in [-0.39, 0.29) is 31.1 Å². The number of carbonyl (C=O) groups is 1. The second-order valence-corrected chi connectivity index (χ2v) is 4.60. The van der Waals surface area contributed by atoms with Crippen LogP contribution in [0.5, 0.6) is 0 Å². The molecule has 0 aromatic carbocycles. The Labute approximate surface area is 99.6 Å². The second-order valence-electron chi connectivity index (χ2n) is 4.60. The maximum atomic E-state index is 11.2. The Morgan fingerprint density at radius 2 is 2.12 bits per heavy atom. The highest BCUT2D eigenvalue weighted by atomic mass is 16.5. The number of aliphatic hydroxyl groups is 1. The van der Waals surface area contributed by atoms with E-state index in [9.17, 15) is 4.79 Å². The zero-order valence-corrected chi connectivity index (χ0v) is 10.3. The van der Waals surface area contributed by atoms with Crippen LogP contribution in [0, 0.1) is 0 Å². The molecule has 1 rings (SSSR count). The van der Waals surface area contributed by atoms with E-state index in [1.165, 1.54) is 0 Å². The Morgan fingerprint density at radius 1 is 1.41 bits per heavy atom. The Morgan fingerprint density at radius 3 is 2.65 bits per heavy atom. The molecule has 0 saturated heterocycles. The van der Waals surface area contributed by atoms with Gasteiger partial charge in [0.1, 0.15) is 0 Å². The quantitative estimate of drug-likeness (QED) is 0.698. The molecule has 1 heterocycles. The van der Waals surface area contributed by atoms with Crippen LogP contribution in [0.3, 0.4) is 0 Å². The van der Waals surface area contributed by atoms with Crippen LogP contribution in [0.4, 0.5) is 4.79 Å². The average molecular weight is 242 g/mol. The molecule has 0 atom stereocenters. The minimum Gasteiger partial charge on any atom is -0.395 e.